The number of amides is 1. The van der Waals surface area contributed by atoms with E-state index in [9.17, 15) is 18.0 Å². The van der Waals surface area contributed by atoms with Crippen LogP contribution in [0.3, 0.4) is 0 Å². The number of fused-ring (bicyclic) bond motifs is 1. The van der Waals surface area contributed by atoms with E-state index in [1.807, 2.05) is 25.1 Å². The van der Waals surface area contributed by atoms with Gasteiger partial charge in [0.15, 0.2) is 5.69 Å². The number of nitrogens with one attached hydrogen (secondary N) is 1. The minimum Gasteiger partial charge on any atom is -0.464 e. The molecule has 2 aromatic heterocycles. The van der Waals surface area contributed by atoms with E-state index in [0.29, 0.717) is 12.2 Å². The molecule has 2 heterocycles. The Kier molecular flexibility index (Phi) is 5.07. The smallest absolute Gasteiger partial charge is 0.435 e. The fourth-order valence-corrected chi connectivity index (χ4v) is 3.15. The summed E-state index contributed by atoms with van der Waals surface area (Å²) in [6.07, 6.45) is -1.43. The topological polar surface area (TPSA) is 60.1 Å². The molecule has 0 saturated heterocycles. The predicted octanol–water partition coefficient (Wildman–Crippen LogP) is 4.80. The van der Waals surface area contributed by atoms with Gasteiger partial charge in [-0.1, -0.05) is 24.3 Å². The van der Waals surface area contributed by atoms with Gasteiger partial charge in [-0.05, 0) is 42.3 Å². The molecule has 4 aromatic rings. The summed E-state index contributed by atoms with van der Waals surface area (Å²) in [5.41, 5.74) is 3.03. The zero-order valence-corrected chi connectivity index (χ0v) is 16.0. The number of nitrogens with zero attached hydrogens (tertiary/aromatic N) is 2. The second-order valence-electron chi connectivity index (χ2n) is 7.02. The number of carbonyl (C=O) groups is 1. The van der Waals surface area contributed by atoms with E-state index in [-0.39, 0.29) is 12.3 Å². The van der Waals surface area contributed by atoms with Crippen molar-refractivity contribution < 1.29 is 22.4 Å². The van der Waals surface area contributed by atoms with Gasteiger partial charge in [0.1, 0.15) is 5.58 Å². The highest BCUT2D eigenvalue weighted by atomic mass is 19.4. The molecule has 5 nitrogen and oxygen atoms in total. The number of carbonyl (C=O) groups excluding carboxylic acids is 1. The van der Waals surface area contributed by atoms with Crippen molar-refractivity contribution in [2.45, 2.75) is 26.1 Å². The van der Waals surface area contributed by atoms with Crippen LogP contribution < -0.4 is 5.32 Å². The van der Waals surface area contributed by atoms with Crippen LogP contribution in [0.15, 0.2) is 65.4 Å². The third kappa shape index (κ3) is 4.22. The van der Waals surface area contributed by atoms with Gasteiger partial charge in [0.05, 0.1) is 18.4 Å². The van der Waals surface area contributed by atoms with Crippen LogP contribution in [0.4, 0.5) is 13.2 Å². The molecule has 0 unspecified atom stereocenters. The number of halogens is 3. The number of aryl methyl sites for hydroxylation is 1. The molecule has 0 atom stereocenters. The van der Waals surface area contributed by atoms with Crippen LogP contribution in [-0.4, -0.2) is 15.7 Å². The summed E-state index contributed by atoms with van der Waals surface area (Å²) < 4.78 is 44.7. The molecule has 154 valence electrons. The van der Waals surface area contributed by atoms with Crippen molar-refractivity contribution in [3.8, 4) is 5.69 Å². The van der Waals surface area contributed by atoms with Crippen LogP contribution in [0, 0.1) is 6.92 Å². The molecular formula is C22H18F3N3O2. The summed E-state index contributed by atoms with van der Waals surface area (Å²) in [6, 6.07) is 13.5. The number of alkyl halides is 3. The molecule has 2 aromatic carbocycles. The Morgan fingerprint density at radius 2 is 1.90 bits per heavy atom. The summed E-state index contributed by atoms with van der Waals surface area (Å²) in [6.45, 7) is 2.28. The average molecular weight is 413 g/mol. The van der Waals surface area contributed by atoms with E-state index in [4.69, 9.17) is 4.42 Å². The lowest BCUT2D eigenvalue weighted by atomic mass is 10.1. The van der Waals surface area contributed by atoms with Gasteiger partial charge in [-0.3, -0.25) is 4.79 Å². The van der Waals surface area contributed by atoms with Crippen molar-refractivity contribution in [1.82, 2.24) is 15.1 Å². The van der Waals surface area contributed by atoms with Crippen LogP contribution in [0.2, 0.25) is 0 Å². The minimum atomic E-state index is -4.48. The molecule has 30 heavy (non-hydrogen) atoms. The minimum absolute atomic E-state index is 0.149. The van der Waals surface area contributed by atoms with E-state index >= 15 is 0 Å². The highest BCUT2D eigenvalue weighted by molar-refractivity contribution is 5.87. The fourth-order valence-electron chi connectivity index (χ4n) is 3.15. The Bertz CT molecular complexity index is 1190. The molecule has 4 rings (SSSR count). The molecule has 8 heteroatoms. The third-order valence-electron chi connectivity index (χ3n) is 4.73. The monoisotopic (exact) mass is 413 g/mol. The van der Waals surface area contributed by atoms with Gasteiger partial charge in [-0.15, -0.1) is 0 Å². The van der Waals surface area contributed by atoms with E-state index in [2.05, 4.69) is 10.4 Å². The van der Waals surface area contributed by atoms with Crippen LogP contribution in [0.1, 0.15) is 22.4 Å². The SMILES string of the molecule is Cc1ccc2c(CC(=O)NCc3ccc(-n4ccc(C(F)(F)F)n4)cc3)coc2c1. The first-order valence-corrected chi connectivity index (χ1v) is 9.25. The van der Waals surface area contributed by atoms with Crippen molar-refractivity contribution >= 4 is 16.9 Å². The zero-order valence-electron chi connectivity index (χ0n) is 16.0. The van der Waals surface area contributed by atoms with Crippen LogP contribution >= 0.6 is 0 Å². The Balaban J connectivity index is 1.36. The molecule has 1 amide bonds. The standard InChI is InChI=1S/C22H18F3N3O2/c1-14-2-7-18-16(13-30-19(18)10-14)11-21(29)26-12-15-3-5-17(6-4-15)28-9-8-20(27-28)22(23,24)25/h2-10,13H,11-12H2,1H3,(H,26,29). The lowest BCUT2D eigenvalue weighted by Gasteiger charge is -2.07. The summed E-state index contributed by atoms with van der Waals surface area (Å²) in [7, 11) is 0. The largest absolute Gasteiger partial charge is 0.464 e. The Labute approximate surface area is 170 Å². The van der Waals surface area contributed by atoms with Crippen molar-refractivity contribution in [3.05, 3.63) is 83.4 Å². The summed E-state index contributed by atoms with van der Waals surface area (Å²) in [5.74, 6) is -0.149. The van der Waals surface area contributed by atoms with E-state index < -0.39 is 11.9 Å². The highest BCUT2D eigenvalue weighted by Gasteiger charge is 2.33. The van der Waals surface area contributed by atoms with Gasteiger partial charge in [0, 0.05) is 23.7 Å². The molecule has 0 spiro atoms. The number of aromatic nitrogens is 2. The molecule has 0 aliphatic carbocycles. The van der Waals surface area contributed by atoms with Crippen molar-refractivity contribution in [2.75, 3.05) is 0 Å². The maximum absolute atomic E-state index is 12.7. The maximum Gasteiger partial charge on any atom is 0.435 e. The Morgan fingerprint density at radius 3 is 2.60 bits per heavy atom. The third-order valence-corrected chi connectivity index (χ3v) is 4.73. The summed E-state index contributed by atoms with van der Waals surface area (Å²) in [4.78, 5) is 12.3. The van der Waals surface area contributed by atoms with Crippen molar-refractivity contribution in [3.63, 3.8) is 0 Å². The maximum atomic E-state index is 12.7. The highest BCUT2D eigenvalue weighted by Crippen LogP contribution is 2.28. The van der Waals surface area contributed by atoms with Gasteiger partial charge in [0.25, 0.3) is 0 Å². The molecule has 0 bridgehead atoms. The number of hydrogen-bond acceptors (Lipinski definition) is 3. The Morgan fingerprint density at radius 1 is 1.13 bits per heavy atom. The Hall–Kier alpha value is -3.55. The van der Waals surface area contributed by atoms with E-state index in [1.54, 1.807) is 30.5 Å². The summed E-state index contributed by atoms with van der Waals surface area (Å²) >= 11 is 0. The molecule has 0 saturated carbocycles. The summed E-state index contributed by atoms with van der Waals surface area (Å²) in [5, 5.41) is 7.30. The molecule has 0 fully saturated rings. The van der Waals surface area contributed by atoms with Gasteiger partial charge >= 0.3 is 6.18 Å². The quantitative estimate of drug-likeness (QED) is 0.511. The van der Waals surface area contributed by atoms with E-state index in [0.717, 1.165) is 38.4 Å². The number of furan rings is 1. The van der Waals surface area contributed by atoms with Gasteiger partial charge in [-0.2, -0.15) is 18.3 Å². The van der Waals surface area contributed by atoms with Crippen molar-refractivity contribution in [2.24, 2.45) is 0 Å². The zero-order chi connectivity index (χ0) is 21.3. The normalized spacial score (nSPS) is 11.7. The van der Waals surface area contributed by atoms with Gasteiger partial charge in [0.2, 0.25) is 5.91 Å². The molecule has 0 aliphatic rings. The lowest BCUT2D eigenvalue weighted by molar-refractivity contribution is -0.141. The number of rotatable bonds is 5. The van der Waals surface area contributed by atoms with Gasteiger partial charge < -0.3 is 9.73 Å². The van der Waals surface area contributed by atoms with Crippen LogP contribution in [-0.2, 0) is 23.9 Å². The van der Waals surface area contributed by atoms with E-state index in [1.165, 1.54) is 6.20 Å². The first kappa shape index (κ1) is 19.8. The first-order valence-electron chi connectivity index (χ1n) is 9.25. The molecule has 1 N–H and O–H groups in total. The first-order chi connectivity index (χ1) is 14.3. The fraction of sp³-hybridized carbons (Fsp3) is 0.182. The van der Waals surface area contributed by atoms with Crippen molar-refractivity contribution in [1.29, 1.82) is 0 Å². The second kappa shape index (κ2) is 7.70. The number of hydrogen-bond donors (Lipinski definition) is 1. The van der Waals surface area contributed by atoms with Gasteiger partial charge in [-0.25, -0.2) is 4.68 Å². The van der Waals surface area contributed by atoms with Crippen LogP contribution in [0.25, 0.3) is 16.7 Å². The average Bonchev–Trinajstić information content (AvgIpc) is 3.34. The number of benzene rings is 2. The molecule has 0 aliphatic heterocycles. The van der Waals surface area contributed by atoms with Crippen LogP contribution in [0.5, 0.6) is 0 Å². The molecule has 0 radical (unpaired) electrons. The second-order valence-corrected chi connectivity index (χ2v) is 7.02. The molecular weight excluding hydrogens is 395 g/mol. The lowest BCUT2D eigenvalue weighted by Crippen LogP contribution is -2.24. The predicted molar refractivity (Wildman–Crippen MR) is 105 cm³/mol.